The standard InChI is InChI=1S/C31H31NO6/c1-4-11-26(32-31(35)36-19-23-14-9-6-10-15-23)30(34)37-27-17-16-24-20(2)25(18-22-12-7-5-8-13-22)29(33)38-28(24)21(27)3/h5-10,12-17,26H,4,11,18-19H2,1-3H3,(H,32,35)/t26-/m1/s1. The average molecular weight is 514 g/mol. The van der Waals surface area contributed by atoms with Crippen molar-refractivity contribution in [1.82, 2.24) is 5.32 Å². The number of aryl methyl sites for hydroxylation is 2. The minimum Gasteiger partial charge on any atom is -0.445 e. The number of fused-ring (bicyclic) bond motifs is 1. The third-order valence-electron chi connectivity index (χ3n) is 6.46. The van der Waals surface area contributed by atoms with E-state index in [2.05, 4.69) is 5.32 Å². The van der Waals surface area contributed by atoms with E-state index in [0.29, 0.717) is 36.0 Å². The normalized spacial score (nSPS) is 11.7. The molecule has 0 fully saturated rings. The number of carbonyl (C=O) groups is 2. The maximum atomic E-state index is 13.0. The van der Waals surface area contributed by atoms with Crippen molar-refractivity contribution in [3.05, 3.63) is 111 Å². The molecule has 3 aromatic carbocycles. The maximum Gasteiger partial charge on any atom is 0.408 e. The molecule has 4 aromatic rings. The molecule has 1 atom stereocenters. The number of carbonyl (C=O) groups excluding carboxylic acids is 2. The van der Waals surface area contributed by atoms with Gasteiger partial charge in [0.05, 0.1) is 0 Å². The van der Waals surface area contributed by atoms with E-state index >= 15 is 0 Å². The Bertz CT molecular complexity index is 1480. The van der Waals surface area contributed by atoms with Crippen LogP contribution >= 0.6 is 0 Å². The lowest BCUT2D eigenvalue weighted by Crippen LogP contribution is -2.43. The van der Waals surface area contributed by atoms with E-state index in [1.165, 1.54) is 0 Å². The zero-order valence-electron chi connectivity index (χ0n) is 21.8. The summed E-state index contributed by atoms with van der Waals surface area (Å²) in [5.74, 6) is -0.354. The first kappa shape index (κ1) is 26.7. The lowest BCUT2D eigenvalue weighted by molar-refractivity contribution is -0.136. The van der Waals surface area contributed by atoms with Gasteiger partial charge in [0.25, 0.3) is 0 Å². The maximum absolute atomic E-state index is 13.0. The Kier molecular flexibility index (Phi) is 8.58. The minimum atomic E-state index is -0.889. The van der Waals surface area contributed by atoms with Gasteiger partial charge in [-0.1, -0.05) is 74.0 Å². The third kappa shape index (κ3) is 6.29. The summed E-state index contributed by atoms with van der Waals surface area (Å²) >= 11 is 0. The summed E-state index contributed by atoms with van der Waals surface area (Å²) in [4.78, 5) is 38.2. The third-order valence-corrected chi connectivity index (χ3v) is 6.46. The molecule has 196 valence electrons. The molecule has 0 aliphatic carbocycles. The fraction of sp³-hybridized carbons (Fsp3) is 0.258. The number of alkyl carbamates (subject to hydrolysis) is 1. The summed E-state index contributed by atoms with van der Waals surface area (Å²) in [6, 6.07) is 21.6. The molecule has 38 heavy (non-hydrogen) atoms. The van der Waals surface area contributed by atoms with Crippen LogP contribution in [0.1, 0.15) is 47.6 Å². The molecule has 0 aliphatic heterocycles. The van der Waals surface area contributed by atoms with Gasteiger partial charge < -0.3 is 19.2 Å². The molecule has 0 spiro atoms. The van der Waals surface area contributed by atoms with Crippen molar-refractivity contribution in [1.29, 1.82) is 0 Å². The number of esters is 1. The molecule has 7 heteroatoms. The van der Waals surface area contributed by atoms with Crippen LogP contribution in [0, 0.1) is 13.8 Å². The summed E-state index contributed by atoms with van der Waals surface area (Å²) in [5.41, 5.74) is 3.76. The van der Waals surface area contributed by atoms with Crippen LogP contribution in [-0.2, 0) is 22.6 Å². The van der Waals surface area contributed by atoms with Crippen LogP contribution in [0.25, 0.3) is 11.0 Å². The number of benzene rings is 3. The second kappa shape index (κ2) is 12.2. The number of amides is 1. The summed E-state index contributed by atoms with van der Waals surface area (Å²) in [6.07, 6.45) is 0.786. The van der Waals surface area contributed by atoms with Crippen LogP contribution < -0.4 is 15.7 Å². The average Bonchev–Trinajstić information content (AvgIpc) is 2.92. The molecule has 0 bridgehead atoms. The van der Waals surface area contributed by atoms with Gasteiger partial charge in [0.15, 0.2) is 0 Å². The molecule has 4 rings (SSSR count). The lowest BCUT2D eigenvalue weighted by atomic mass is 9.98. The predicted octanol–water partition coefficient (Wildman–Crippen LogP) is 6.00. The van der Waals surface area contributed by atoms with Crippen molar-refractivity contribution in [3.63, 3.8) is 0 Å². The van der Waals surface area contributed by atoms with Crippen LogP contribution in [0.4, 0.5) is 4.79 Å². The first-order valence-corrected chi connectivity index (χ1v) is 12.7. The van der Waals surface area contributed by atoms with Gasteiger partial charge in [0.2, 0.25) is 0 Å². The van der Waals surface area contributed by atoms with Gasteiger partial charge >= 0.3 is 17.7 Å². The SMILES string of the molecule is CCC[C@@H](NC(=O)OCc1ccccc1)C(=O)Oc1ccc2c(C)c(Cc3ccccc3)c(=O)oc2c1C. The topological polar surface area (TPSA) is 94.8 Å². The second-order valence-electron chi connectivity index (χ2n) is 9.19. The van der Waals surface area contributed by atoms with Gasteiger partial charge in [-0.25, -0.2) is 14.4 Å². The van der Waals surface area contributed by atoms with Crippen molar-refractivity contribution in [3.8, 4) is 5.75 Å². The first-order valence-electron chi connectivity index (χ1n) is 12.7. The Hall–Kier alpha value is -4.39. The Morgan fingerprint density at radius 3 is 2.21 bits per heavy atom. The summed E-state index contributed by atoms with van der Waals surface area (Å²) in [6.45, 7) is 5.63. The largest absolute Gasteiger partial charge is 0.445 e. The van der Waals surface area contributed by atoms with E-state index < -0.39 is 23.7 Å². The van der Waals surface area contributed by atoms with Crippen molar-refractivity contribution in [2.75, 3.05) is 0 Å². The van der Waals surface area contributed by atoms with E-state index in [0.717, 1.165) is 22.1 Å². The Morgan fingerprint density at radius 1 is 0.895 bits per heavy atom. The van der Waals surface area contributed by atoms with Crippen LogP contribution in [0.5, 0.6) is 5.75 Å². The quantitative estimate of drug-likeness (QED) is 0.168. The molecular weight excluding hydrogens is 482 g/mol. The summed E-state index contributed by atoms with van der Waals surface area (Å²) in [7, 11) is 0. The predicted molar refractivity (Wildman–Crippen MR) is 145 cm³/mol. The number of hydrogen-bond acceptors (Lipinski definition) is 6. The first-order chi connectivity index (χ1) is 18.4. The van der Waals surface area contributed by atoms with Gasteiger partial charge in [-0.2, -0.15) is 0 Å². The molecule has 0 saturated carbocycles. The molecule has 0 aliphatic rings. The minimum absolute atomic E-state index is 0.0923. The Morgan fingerprint density at radius 2 is 1.55 bits per heavy atom. The highest BCUT2D eigenvalue weighted by Crippen LogP contribution is 2.30. The fourth-order valence-electron chi connectivity index (χ4n) is 4.31. The molecule has 1 heterocycles. The molecule has 1 aromatic heterocycles. The molecular formula is C31H31NO6. The van der Waals surface area contributed by atoms with Crippen LogP contribution in [-0.4, -0.2) is 18.1 Å². The highest BCUT2D eigenvalue weighted by molar-refractivity contribution is 5.88. The van der Waals surface area contributed by atoms with Gasteiger partial charge in [-0.15, -0.1) is 0 Å². The highest BCUT2D eigenvalue weighted by atomic mass is 16.6. The van der Waals surface area contributed by atoms with Crippen molar-refractivity contribution in [2.45, 2.75) is 52.7 Å². The van der Waals surface area contributed by atoms with Crippen LogP contribution in [0.2, 0.25) is 0 Å². The van der Waals surface area contributed by atoms with Gasteiger partial charge in [0, 0.05) is 22.9 Å². The molecule has 7 nitrogen and oxygen atoms in total. The van der Waals surface area contributed by atoms with Gasteiger partial charge in [0.1, 0.15) is 24.0 Å². The Balaban J connectivity index is 1.50. The number of nitrogens with one attached hydrogen (secondary N) is 1. The monoisotopic (exact) mass is 513 g/mol. The fourth-order valence-corrected chi connectivity index (χ4v) is 4.31. The van der Waals surface area contributed by atoms with E-state index in [1.54, 1.807) is 19.1 Å². The highest BCUT2D eigenvalue weighted by Gasteiger charge is 2.24. The molecule has 0 saturated heterocycles. The Labute approximate surface area is 221 Å². The van der Waals surface area contributed by atoms with E-state index in [4.69, 9.17) is 13.9 Å². The van der Waals surface area contributed by atoms with Crippen LogP contribution in [0.3, 0.4) is 0 Å². The zero-order valence-corrected chi connectivity index (χ0v) is 21.8. The van der Waals surface area contributed by atoms with Gasteiger partial charge in [-0.3, -0.25) is 0 Å². The number of hydrogen-bond donors (Lipinski definition) is 1. The van der Waals surface area contributed by atoms with E-state index in [1.807, 2.05) is 74.5 Å². The molecule has 0 radical (unpaired) electrons. The summed E-state index contributed by atoms with van der Waals surface area (Å²) < 4.78 is 16.6. The second-order valence-corrected chi connectivity index (χ2v) is 9.19. The van der Waals surface area contributed by atoms with Gasteiger partial charge in [-0.05, 0) is 49.1 Å². The molecule has 1 amide bonds. The van der Waals surface area contributed by atoms with E-state index in [9.17, 15) is 14.4 Å². The zero-order chi connectivity index (χ0) is 27.1. The summed E-state index contributed by atoms with van der Waals surface area (Å²) in [5, 5.41) is 3.38. The molecule has 0 unspecified atom stereocenters. The lowest BCUT2D eigenvalue weighted by Gasteiger charge is -2.18. The van der Waals surface area contributed by atoms with Crippen molar-refractivity contribution in [2.24, 2.45) is 0 Å². The molecule has 1 N–H and O–H groups in total. The smallest absolute Gasteiger partial charge is 0.408 e. The number of rotatable bonds is 9. The van der Waals surface area contributed by atoms with E-state index in [-0.39, 0.29) is 12.4 Å². The van der Waals surface area contributed by atoms with Crippen molar-refractivity contribution < 1.29 is 23.5 Å². The van der Waals surface area contributed by atoms with Crippen LogP contribution in [0.15, 0.2) is 82.0 Å². The van der Waals surface area contributed by atoms with Crippen molar-refractivity contribution >= 4 is 23.0 Å². The number of ether oxygens (including phenoxy) is 2.